The van der Waals surface area contributed by atoms with Crippen molar-refractivity contribution in [3.05, 3.63) is 19.8 Å². The minimum atomic E-state index is -0.536. The standard InChI is InChI=1S/C13H16BrIN2O3/c1-13(2,3)12-16-7-8(20-12)6(11(18-4)19-5)10(15)17-9(7)14/h11H,1-5H3. The zero-order valence-corrected chi connectivity index (χ0v) is 15.7. The first-order valence-corrected chi connectivity index (χ1v) is 7.88. The van der Waals surface area contributed by atoms with Crippen LogP contribution in [0.1, 0.15) is 38.5 Å². The minimum Gasteiger partial charge on any atom is -0.439 e. The molecular weight excluding hydrogens is 439 g/mol. The second-order valence-electron chi connectivity index (χ2n) is 5.36. The number of pyridine rings is 1. The molecule has 2 aromatic heterocycles. The Kier molecular flexibility index (Phi) is 4.73. The van der Waals surface area contributed by atoms with Crippen molar-refractivity contribution in [1.29, 1.82) is 0 Å². The molecule has 0 fully saturated rings. The predicted molar refractivity (Wildman–Crippen MR) is 87.7 cm³/mol. The summed E-state index contributed by atoms with van der Waals surface area (Å²) in [5.41, 5.74) is 1.91. The first-order valence-electron chi connectivity index (χ1n) is 6.01. The van der Waals surface area contributed by atoms with E-state index in [0.29, 0.717) is 21.6 Å². The fourth-order valence-electron chi connectivity index (χ4n) is 1.79. The summed E-state index contributed by atoms with van der Waals surface area (Å²) >= 11 is 5.57. The molecule has 110 valence electrons. The molecule has 0 N–H and O–H groups in total. The van der Waals surface area contributed by atoms with Crippen molar-refractivity contribution >= 4 is 49.6 Å². The maximum Gasteiger partial charge on any atom is 0.200 e. The summed E-state index contributed by atoms with van der Waals surface area (Å²) < 4.78 is 18.1. The molecule has 20 heavy (non-hydrogen) atoms. The highest BCUT2D eigenvalue weighted by Crippen LogP contribution is 2.36. The number of hydrogen-bond acceptors (Lipinski definition) is 5. The Balaban J connectivity index is 2.77. The van der Waals surface area contributed by atoms with Gasteiger partial charge in [-0.25, -0.2) is 9.97 Å². The molecule has 0 aromatic carbocycles. The average Bonchev–Trinajstić information content (AvgIpc) is 2.79. The lowest BCUT2D eigenvalue weighted by Gasteiger charge is -2.15. The number of fused-ring (bicyclic) bond motifs is 1. The maximum absolute atomic E-state index is 5.96. The van der Waals surface area contributed by atoms with Crippen LogP contribution in [-0.2, 0) is 14.9 Å². The summed E-state index contributed by atoms with van der Waals surface area (Å²) in [6, 6.07) is 0. The van der Waals surface area contributed by atoms with E-state index in [1.54, 1.807) is 14.2 Å². The molecule has 5 nitrogen and oxygen atoms in total. The summed E-state index contributed by atoms with van der Waals surface area (Å²) in [4.78, 5) is 8.98. The van der Waals surface area contributed by atoms with E-state index >= 15 is 0 Å². The Morgan fingerprint density at radius 2 is 1.80 bits per heavy atom. The molecule has 0 saturated heterocycles. The second-order valence-corrected chi connectivity index (χ2v) is 7.13. The van der Waals surface area contributed by atoms with Gasteiger partial charge in [0.05, 0.1) is 5.56 Å². The van der Waals surface area contributed by atoms with Crippen molar-refractivity contribution in [2.24, 2.45) is 0 Å². The number of nitrogens with zero attached hydrogens (tertiary/aromatic N) is 2. The molecule has 0 aliphatic heterocycles. The molecule has 0 atom stereocenters. The van der Waals surface area contributed by atoms with Crippen molar-refractivity contribution in [3.63, 3.8) is 0 Å². The van der Waals surface area contributed by atoms with Crippen LogP contribution in [0.25, 0.3) is 11.1 Å². The van der Waals surface area contributed by atoms with E-state index in [9.17, 15) is 0 Å². The van der Waals surface area contributed by atoms with Gasteiger partial charge in [-0.05, 0) is 38.5 Å². The van der Waals surface area contributed by atoms with E-state index in [1.807, 2.05) is 20.8 Å². The normalized spacial score (nSPS) is 12.6. The molecule has 2 rings (SSSR count). The van der Waals surface area contributed by atoms with E-state index < -0.39 is 6.29 Å². The van der Waals surface area contributed by atoms with Crippen molar-refractivity contribution < 1.29 is 13.9 Å². The average molecular weight is 455 g/mol. The van der Waals surface area contributed by atoms with Crippen LogP contribution < -0.4 is 0 Å². The highest BCUT2D eigenvalue weighted by atomic mass is 127. The molecule has 0 aliphatic carbocycles. The Bertz CT molecular complexity index is 633. The van der Waals surface area contributed by atoms with Crippen molar-refractivity contribution in [3.8, 4) is 0 Å². The third-order valence-electron chi connectivity index (χ3n) is 2.79. The van der Waals surface area contributed by atoms with Gasteiger partial charge in [-0.15, -0.1) is 0 Å². The summed E-state index contributed by atoms with van der Waals surface area (Å²) in [5.74, 6) is 0.657. The third-order valence-corrected chi connectivity index (χ3v) is 4.17. The van der Waals surface area contributed by atoms with E-state index in [1.165, 1.54) is 0 Å². The van der Waals surface area contributed by atoms with Gasteiger partial charge in [-0.1, -0.05) is 20.8 Å². The van der Waals surface area contributed by atoms with Crippen molar-refractivity contribution in [1.82, 2.24) is 9.97 Å². The van der Waals surface area contributed by atoms with Gasteiger partial charge < -0.3 is 13.9 Å². The topological polar surface area (TPSA) is 57.4 Å². The number of halogens is 2. The summed E-state index contributed by atoms with van der Waals surface area (Å²) in [6.45, 7) is 6.15. The van der Waals surface area contributed by atoms with E-state index in [0.717, 1.165) is 9.26 Å². The summed E-state index contributed by atoms with van der Waals surface area (Å²) in [5, 5.41) is 0. The van der Waals surface area contributed by atoms with Crippen LogP contribution in [0.15, 0.2) is 9.02 Å². The molecule has 0 amide bonds. The second kappa shape index (κ2) is 5.86. The zero-order chi connectivity index (χ0) is 15.1. The molecule has 0 bridgehead atoms. The number of oxazole rings is 1. The molecule has 0 unspecified atom stereocenters. The number of ether oxygens (including phenoxy) is 2. The summed E-state index contributed by atoms with van der Waals surface area (Å²) in [7, 11) is 3.17. The van der Waals surface area contributed by atoms with Gasteiger partial charge in [0.25, 0.3) is 0 Å². The molecule has 0 spiro atoms. The lowest BCUT2D eigenvalue weighted by molar-refractivity contribution is -0.106. The van der Waals surface area contributed by atoms with E-state index in [2.05, 4.69) is 48.5 Å². The zero-order valence-electron chi connectivity index (χ0n) is 12.0. The first-order chi connectivity index (χ1) is 9.29. The summed E-state index contributed by atoms with van der Waals surface area (Å²) in [6.07, 6.45) is -0.536. The number of rotatable bonds is 3. The van der Waals surface area contributed by atoms with Crippen LogP contribution in [0, 0.1) is 3.70 Å². The predicted octanol–water partition coefficient (Wildman–Crippen LogP) is 4.18. The maximum atomic E-state index is 5.96. The first kappa shape index (κ1) is 16.1. The fraction of sp³-hybridized carbons (Fsp3) is 0.538. The van der Waals surface area contributed by atoms with Gasteiger partial charge in [-0.2, -0.15) is 0 Å². The van der Waals surface area contributed by atoms with Gasteiger partial charge in [-0.3, -0.25) is 0 Å². The smallest absolute Gasteiger partial charge is 0.200 e. The monoisotopic (exact) mass is 454 g/mol. The SMILES string of the molecule is COC(OC)c1c(I)nc(Br)c2nc(C(C)(C)C)oc12. The molecule has 2 heterocycles. The van der Waals surface area contributed by atoms with Crippen molar-refractivity contribution in [2.45, 2.75) is 32.5 Å². The van der Waals surface area contributed by atoms with Crippen LogP contribution in [0.3, 0.4) is 0 Å². The highest BCUT2D eigenvalue weighted by Gasteiger charge is 2.28. The van der Waals surface area contributed by atoms with Crippen molar-refractivity contribution in [2.75, 3.05) is 14.2 Å². The van der Waals surface area contributed by atoms with Crippen LogP contribution in [-0.4, -0.2) is 24.2 Å². The number of aromatic nitrogens is 2. The van der Waals surface area contributed by atoms with Crippen LogP contribution >= 0.6 is 38.5 Å². The van der Waals surface area contributed by atoms with Gasteiger partial charge >= 0.3 is 0 Å². The number of hydrogen-bond donors (Lipinski definition) is 0. The van der Waals surface area contributed by atoms with E-state index in [-0.39, 0.29) is 5.41 Å². The largest absolute Gasteiger partial charge is 0.439 e. The van der Waals surface area contributed by atoms with Gasteiger partial charge in [0, 0.05) is 19.6 Å². The molecule has 0 radical (unpaired) electrons. The lowest BCUT2D eigenvalue weighted by atomic mass is 9.97. The Morgan fingerprint density at radius 1 is 1.20 bits per heavy atom. The minimum absolute atomic E-state index is 0.184. The van der Waals surface area contributed by atoms with Crippen LogP contribution in [0.4, 0.5) is 0 Å². The van der Waals surface area contributed by atoms with E-state index in [4.69, 9.17) is 13.9 Å². The third kappa shape index (κ3) is 2.86. The highest BCUT2D eigenvalue weighted by molar-refractivity contribution is 14.1. The van der Waals surface area contributed by atoms with Gasteiger partial charge in [0.15, 0.2) is 11.9 Å². The Labute approximate surface area is 139 Å². The van der Waals surface area contributed by atoms with Crippen LogP contribution in [0.2, 0.25) is 0 Å². The molecule has 0 aliphatic rings. The quantitative estimate of drug-likeness (QED) is 0.395. The molecule has 7 heteroatoms. The molecular formula is C13H16BrIN2O3. The van der Waals surface area contributed by atoms with Crippen LogP contribution in [0.5, 0.6) is 0 Å². The van der Waals surface area contributed by atoms with Gasteiger partial charge in [0.2, 0.25) is 5.89 Å². The fourth-order valence-corrected chi connectivity index (χ4v) is 3.31. The Hall–Kier alpha value is -0.250. The lowest BCUT2D eigenvalue weighted by Crippen LogP contribution is -2.11. The molecule has 2 aromatic rings. The molecule has 0 saturated carbocycles. The number of methoxy groups -OCH3 is 2. The Morgan fingerprint density at radius 3 is 2.30 bits per heavy atom. The van der Waals surface area contributed by atoms with Gasteiger partial charge in [0.1, 0.15) is 13.8 Å².